The van der Waals surface area contributed by atoms with Crippen LogP contribution in [0.1, 0.15) is 20.3 Å². The molecule has 1 aliphatic rings. The summed E-state index contributed by atoms with van der Waals surface area (Å²) in [6.45, 7) is 12.3. The highest BCUT2D eigenvalue weighted by atomic mass is 15.3. The number of piperazine rings is 1. The van der Waals surface area contributed by atoms with Crippen LogP contribution in [0.5, 0.6) is 0 Å². The number of nitrogens with zero attached hydrogens (tertiary/aromatic N) is 3. The molecule has 1 rings (SSSR count). The lowest BCUT2D eigenvalue weighted by atomic mass is 9.95. The van der Waals surface area contributed by atoms with E-state index in [2.05, 4.69) is 42.6 Å². The minimum atomic E-state index is 0.202. The number of hydrogen-bond acceptors (Lipinski definition) is 4. The maximum Gasteiger partial charge on any atom is 0.0302 e. The van der Waals surface area contributed by atoms with Gasteiger partial charge in [0.15, 0.2) is 0 Å². The first-order chi connectivity index (χ1) is 8.01. The van der Waals surface area contributed by atoms with Crippen molar-refractivity contribution < 1.29 is 0 Å². The number of hydrogen-bond donors (Lipinski definition) is 1. The van der Waals surface area contributed by atoms with Crippen molar-refractivity contribution in [1.29, 1.82) is 0 Å². The third kappa shape index (κ3) is 4.21. The Balaban J connectivity index is 2.35. The fourth-order valence-corrected chi connectivity index (χ4v) is 2.35. The lowest BCUT2D eigenvalue weighted by molar-refractivity contribution is 0.0422. The topological polar surface area (TPSA) is 35.7 Å². The maximum atomic E-state index is 5.92. The van der Waals surface area contributed by atoms with Gasteiger partial charge in [-0.15, -0.1) is 0 Å². The normalized spacial score (nSPS) is 22.9. The Morgan fingerprint density at radius 2 is 1.76 bits per heavy atom. The molecule has 0 aromatic heterocycles. The third-order valence-corrected chi connectivity index (χ3v) is 4.20. The van der Waals surface area contributed by atoms with Crippen LogP contribution in [0.4, 0.5) is 0 Å². The molecule has 1 atom stereocenters. The summed E-state index contributed by atoms with van der Waals surface area (Å²) >= 11 is 0. The second-order valence-electron chi connectivity index (χ2n) is 5.69. The van der Waals surface area contributed by atoms with Crippen LogP contribution in [0, 0.1) is 0 Å². The van der Waals surface area contributed by atoms with Crippen molar-refractivity contribution in [3.63, 3.8) is 0 Å². The molecule has 1 aliphatic heterocycles. The summed E-state index contributed by atoms with van der Waals surface area (Å²) in [5.74, 6) is 0. The lowest BCUT2D eigenvalue weighted by Crippen LogP contribution is -2.58. The van der Waals surface area contributed by atoms with E-state index in [4.69, 9.17) is 5.73 Å². The summed E-state index contributed by atoms with van der Waals surface area (Å²) in [6, 6.07) is 0. The van der Waals surface area contributed by atoms with E-state index in [-0.39, 0.29) is 5.54 Å². The Labute approximate surface area is 107 Å². The minimum Gasteiger partial charge on any atom is -0.329 e. The molecule has 0 spiro atoms. The Kier molecular flexibility index (Phi) is 5.86. The van der Waals surface area contributed by atoms with Gasteiger partial charge in [0.05, 0.1) is 0 Å². The molecule has 2 N–H and O–H groups in total. The zero-order valence-corrected chi connectivity index (χ0v) is 12.1. The molecule has 0 bridgehead atoms. The zero-order chi connectivity index (χ0) is 12.9. The van der Waals surface area contributed by atoms with Crippen LogP contribution >= 0.6 is 0 Å². The number of likely N-dealkylation sites (N-methyl/N-ethyl adjacent to an activating group) is 1. The fraction of sp³-hybridized carbons (Fsp3) is 1.00. The molecular formula is C13H30N4. The average Bonchev–Trinajstić information content (AvgIpc) is 2.36. The van der Waals surface area contributed by atoms with Crippen LogP contribution in [0.25, 0.3) is 0 Å². The predicted molar refractivity (Wildman–Crippen MR) is 74.3 cm³/mol. The quantitative estimate of drug-likeness (QED) is 0.726. The van der Waals surface area contributed by atoms with Gasteiger partial charge in [0, 0.05) is 51.4 Å². The largest absolute Gasteiger partial charge is 0.329 e. The highest BCUT2D eigenvalue weighted by molar-refractivity contribution is 4.89. The Bertz CT molecular complexity index is 205. The summed E-state index contributed by atoms with van der Waals surface area (Å²) in [6.07, 6.45) is 1.14. The van der Waals surface area contributed by atoms with Crippen molar-refractivity contribution >= 4 is 0 Å². The van der Waals surface area contributed by atoms with Crippen molar-refractivity contribution in [2.45, 2.75) is 25.8 Å². The van der Waals surface area contributed by atoms with Crippen LogP contribution in [0.3, 0.4) is 0 Å². The number of rotatable bonds is 6. The van der Waals surface area contributed by atoms with Crippen molar-refractivity contribution in [2.75, 3.05) is 59.9 Å². The average molecular weight is 242 g/mol. The maximum absolute atomic E-state index is 5.92. The van der Waals surface area contributed by atoms with Crippen LogP contribution in [0.2, 0.25) is 0 Å². The molecular weight excluding hydrogens is 212 g/mol. The first-order valence-corrected chi connectivity index (χ1v) is 6.84. The van der Waals surface area contributed by atoms with Gasteiger partial charge in [-0.05, 0) is 27.4 Å². The van der Waals surface area contributed by atoms with Gasteiger partial charge in [-0.25, -0.2) is 0 Å². The monoisotopic (exact) mass is 242 g/mol. The molecule has 1 heterocycles. The summed E-state index contributed by atoms with van der Waals surface area (Å²) < 4.78 is 0. The van der Waals surface area contributed by atoms with E-state index in [9.17, 15) is 0 Å². The SMILES string of the molecule is CCC(C)(CN)N1CCN(CCN(C)C)CC1. The summed E-state index contributed by atoms with van der Waals surface area (Å²) in [7, 11) is 4.28. The van der Waals surface area contributed by atoms with Gasteiger partial charge in [-0.2, -0.15) is 0 Å². The van der Waals surface area contributed by atoms with Gasteiger partial charge in [0.25, 0.3) is 0 Å². The fourth-order valence-electron chi connectivity index (χ4n) is 2.35. The number of nitrogens with two attached hydrogens (primary N) is 1. The Hall–Kier alpha value is -0.160. The molecule has 1 unspecified atom stereocenters. The highest BCUT2D eigenvalue weighted by Gasteiger charge is 2.30. The Morgan fingerprint density at radius 1 is 1.18 bits per heavy atom. The van der Waals surface area contributed by atoms with Crippen molar-refractivity contribution in [2.24, 2.45) is 5.73 Å². The van der Waals surface area contributed by atoms with Crippen molar-refractivity contribution in [3.8, 4) is 0 Å². The molecule has 4 nitrogen and oxygen atoms in total. The van der Waals surface area contributed by atoms with Crippen LogP contribution in [-0.4, -0.2) is 80.1 Å². The van der Waals surface area contributed by atoms with E-state index >= 15 is 0 Å². The van der Waals surface area contributed by atoms with Crippen LogP contribution < -0.4 is 5.73 Å². The predicted octanol–water partition coefficient (Wildman–Crippen LogP) is 0.293. The Morgan fingerprint density at radius 3 is 2.18 bits per heavy atom. The van der Waals surface area contributed by atoms with E-state index in [0.29, 0.717) is 0 Å². The molecule has 102 valence electrons. The second kappa shape index (κ2) is 6.69. The van der Waals surface area contributed by atoms with E-state index < -0.39 is 0 Å². The zero-order valence-electron chi connectivity index (χ0n) is 12.1. The summed E-state index contributed by atoms with van der Waals surface area (Å²) in [4.78, 5) is 7.38. The van der Waals surface area contributed by atoms with Crippen molar-refractivity contribution in [1.82, 2.24) is 14.7 Å². The van der Waals surface area contributed by atoms with Gasteiger partial charge in [-0.1, -0.05) is 6.92 Å². The molecule has 1 saturated heterocycles. The summed E-state index contributed by atoms with van der Waals surface area (Å²) in [5, 5.41) is 0. The molecule has 0 saturated carbocycles. The third-order valence-electron chi connectivity index (χ3n) is 4.20. The van der Waals surface area contributed by atoms with E-state index in [1.54, 1.807) is 0 Å². The van der Waals surface area contributed by atoms with Gasteiger partial charge in [0.1, 0.15) is 0 Å². The van der Waals surface area contributed by atoms with Crippen LogP contribution in [0.15, 0.2) is 0 Å². The van der Waals surface area contributed by atoms with E-state index in [1.165, 1.54) is 19.6 Å². The molecule has 1 fully saturated rings. The smallest absolute Gasteiger partial charge is 0.0302 e. The molecule has 0 radical (unpaired) electrons. The first-order valence-electron chi connectivity index (χ1n) is 6.84. The first kappa shape index (κ1) is 14.9. The van der Waals surface area contributed by atoms with Gasteiger partial charge in [-0.3, -0.25) is 9.80 Å². The molecule has 0 amide bonds. The standard InChI is InChI=1S/C13H30N4/c1-5-13(2,12-14)17-10-8-16(9-11-17)7-6-15(3)4/h5-12,14H2,1-4H3. The minimum absolute atomic E-state index is 0.202. The van der Waals surface area contributed by atoms with E-state index in [0.717, 1.165) is 32.6 Å². The molecule has 0 aromatic carbocycles. The van der Waals surface area contributed by atoms with Gasteiger partial charge >= 0.3 is 0 Å². The van der Waals surface area contributed by atoms with E-state index in [1.807, 2.05) is 0 Å². The molecule has 17 heavy (non-hydrogen) atoms. The van der Waals surface area contributed by atoms with Crippen LogP contribution in [-0.2, 0) is 0 Å². The van der Waals surface area contributed by atoms with Gasteiger partial charge in [0.2, 0.25) is 0 Å². The highest BCUT2D eigenvalue weighted by Crippen LogP contribution is 2.19. The molecule has 4 heteroatoms. The van der Waals surface area contributed by atoms with Gasteiger partial charge < -0.3 is 10.6 Å². The van der Waals surface area contributed by atoms with Crippen molar-refractivity contribution in [3.05, 3.63) is 0 Å². The lowest BCUT2D eigenvalue weighted by Gasteiger charge is -2.45. The molecule has 0 aliphatic carbocycles. The second-order valence-corrected chi connectivity index (χ2v) is 5.69. The molecule has 0 aromatic rings. The summed E-state index contributed by atoms with van der Waals surface area (Å²) in [5.41, 5.74) is 6.12.